The van der Waals surface area contributed by atoms with Gasteiger partial charge in [0.15, 0.2) is 11.3 Å². The summed E-state index contributed by atoms with van der Waals surface area (Å²) in [5.74, 6) is 1.29. The Hall–Kier alpha value is -1.48. The average molecular weight is 248 g/mol. The molecule has 1 aromatic carbocycles. The quantitative estimate of drug-likeness (QED) is 0.878. The van der Waals surface area contributed by atoms with Crippen LogP contribution in [0.2, 0.25) is 0 Å². The molecular formula is C15H20O3. The number of rotatable bonds is 2. The van der Waals surface area contributed by atoms with Crippen LogP contribution in [0.5, 0.6) is 5.75 Å². The largest absolute Gasteiger partial charge is 0.493 e. The first-order chi connectivity index (χ1) is 8.32. The van der Waals surface area contributed by atoms with E-state index in [2.05, 4.69) is 0 Å². The van der Waals surface area contributed by atoms with Gasteiger partial charge in [-0.2, -0.15) is 0 Å². The van der Waals surface area contributed by atoms with Gasteiger partial charge in [0, 0.05) is 5.39 Å². The summed E-state index contributed by atoms with van der Waals surface area (Å²) in [6, 6.07) is 5.85. The number of methoxy groups -OCH3 is 1. The molecule has 2 aromatic rings. The second-order valence-corrected chi connectivity index (χ2v) is 5.80. The van der Waals surface area contributed by atoms with Gasteiger partial charge < -0.3 is 14.3 Å². The molecule has 0 fully saturated rings. The molecule has 1 aromatic heterocycles. The van der Waals surface area contributed by atoms with Crippen LogP contribution in [0.1, 0.15) is 38.2 Å². The number of hydrogen-bond donors (Lipinski definition) is 1. The molecule has 0 aliphatic rings. The number of aryl methyl sites for hydroxylation is 1. The lowest BCUT2D eigenvalue weighted by Gasteiger charge is -2.23. The molecule has 18 heavy (non-hydrogen) atoms. The van der Waals surface area contributed by atoms with Crippen molar-refractivity contribution in [2.75, 3.05) is 7.11 Å². The number of fused-ring (bicyclic) bond motifs is 1. The van der Waals surface area contributed by atoms with E-state index >= 15 is 0 Å². The predicted molar refractivity (Wildman–Crippen MR) is 71.9 cm³/mol. The Bertz CT molecular complexity index is 561. The fraction of sp³-hybridized carbons (Fsp3) is 0.467. The lowest BCUT2D eigenvalue weighted by Crippen LogP contribution is -2.16. The van der Waals surface area contributed by atoms with Crippen LogP contribution in [0.3, 0.4) is 0 Å². The third-order valence-electron chi connectivity index (χ3n) is 3.06. The number of aliphatic hydroxyl groups is 1. The maximum absolute atomic E-state index is 10.3. The van der Waals surface area contributed by atoms with Gasteiger partial charge in [-0.1, -0.05) is 20.8 Å². The highest BCUT2D eigenvalue weighted by atomic mass is 16.5. The summed E-state index contributed by atoms with van der Waals surface area (Å²) >= 11 is 0. The van der Waals surface area contributed by atoms with E-state index in [0.717, 1.165) is 10.9 Å². The van der Waals surface area contributed by atoms with Crippen molar-refractivity contribution in [1.29, 1.82) is 0 Å². The van der Waals surface area contributed by atoms with Crippen molar-refractivity contribution in [2.24, 2.45) is 5.41 Å². The molecule has 3 heteroatoms. The summed E-state index contributed by atoms with van der Waals surface area (Å²) in [7, 11) is 1.62. The third kappa shape index (κ3) is 2.23. The fourth-order valence-corrected chi connectivity index (χ4v) is 2.00. The first kappa shape index (κ1) is 13.0. The Labute approximate surface area is 107 Å². The van der Waals surface area contributed by atoms with Gasteiger partial charge in [-0.05, 0) is 36.1 Å². The minimum atomic E-state index is -0.630. The standard InChI is InChI=1S/C15H20O3/c1-9-6-10-8-12(14(16)15(2,3)4)18-13(10)11(7-9)17-5/h6-8,14,16H,1-5H3. The molecule has 0 aliphatic carbocycles. The molecule has 1 N–H and O–H groups in total. The summed E-state index contributed by atoms with van der Waals surface area (Å²) in [6.45, 7) is 7.95. The van der Waals surface area contributed by atoms with Crippen molar-refractivity contribution in [2.45, 2.75) is 33.8 Å². The topological polar surface area (TPSA) is 42.6 Å². The highest BCUT2D eigenvalue weighted by Gasteiger charge is 2.27. The van der Waals surface area contributed by atoms with Crippen molar-refractivity contribution in [1.82, 2.24) is 0 Å². The fourth-order valence-electron chi connectivity index (χ4n) is 2.00. The lowest BCUT2D eigenvalue weighted by atomic mass is 9.88. The van der Waals surface area contributed by atoms with Crippen LogP contribution in [-0.2, 0) is 0 Å². The highest BCUT2D eigenvalue weighted by Crippen LogP contribution is 2.38. The summed E-state index contributed by atoms with van der Waals surface area (Å²) in [6.07, 6.45) is -0.630. The maximum atomic E-state index is 10.3. The van der Waals surface area contributed by atoms with Gasteiger partial charge in [0.05, 0.1) is 7.11 Å². The van der Waals surface area contributed by atoms with Crippen molar-refractivity contribution in [3.63, 3.8) is 0 Å². The zero-order valence-electron chi connectivity index (χ0n) is 11.6. The van der Waals surface area contributed by atoms with Crippen LogP contribution in [0.15, 0.2) is 22.6 Å². The smallest absolute Gasteiger partial charge is 0.176 e. The summed E-state index contributed by atoms with van der Waals surface area (Å²) < 4.78 is 11.1. The highest BCUT2D eigenvalue weighted by molar-refractivity contribution is 5.84. The Kier molecular flexibility index (Phi) is 3.11. The molecule has 1 unspecified atom stereocenters. The van der Waals surface area contributed by atoms with E-state index in [9.17, 15) is 5.11 Å². The molecule has 1 atom stereocenters. The normalized spacial score (nSPS) is 13.9. The zero-order valence-corrected chi connectivity index (χ0v) is 11.6. The van der Waals surface area contributed by atoms with Gasteiger partial charge in [0.25, 0.3) is 0 Å². The van der Waals surface area contributed by atoms with Crippen LogP contribution >= 0.6 is 0 Å². The SMILES string of the molecule is COc1cc(C)cc2cc(C(O)C(C)(C)C)oc12. The first-order valence-electron chi connectivity index (χ1n) is 6.09. The van der Waals surface area contributed by atoms with E-state index in [1.165, 1.54) is 0 Å². The van der Waals surface area contributed by atoms with E-state index in [1.807, 2.05) is 45.9 Å². The second kappa shape index (κ2) is 4.32. The predicted octanol–water partition coefficient (Wildman–Crippen LogP) is 3.83. The van der Waals surface area contributed by atoms with E-state index in [4.69, 9.17) is 9.15 Å². The van der Waals surface area contributed by atoms with Crippen LogP contribution in [0, 0.1) is 12.3 Å². The van der Waals surface area contributed by atoms with Gasteiger partial charge >= 0.3 is 0 Å². The second-order valence-electron chi connectivity index (χ2n) is 5.80. The van der Waals surface area contributed by atoms with Gasteiger partial charge in [-0.15, -0.1) is 0 Å². The van der Waals surface area contributed by atoms with Gasteiger partial charge in [-0.25, -0.2) is 0 Å². The Balaban J connectivity index is 2.57. The molecule has 0 aliphatic heterocycles. The molecule has 0 saturated heterocycles. The Morgan fingerprint density at radius 1 is 1.22 bits per heavy atom. The number of furan rings is 1. The maximum Gasteiger partial charge on any atom is 0.176 e. The van der Waals surface area contributed by atoms with Crippen molar-refractivity contribution in [3.05, 3.63) is 29.5 Å². The summed E-state index contributed by atoms with van der Waals surface area (Å²) in [5.41, 5.74) is 1.55. The van der Waals surface area contributed by atoms with Crippen LogP contribution in [0.25, 0.3) is 11.0 Å². The summed E-state index contributed by atoms with van der Waals surface area (Å²) in [5, 5.41) is 11.2. The molecule has 3 nitrogen and oxygen atoms in total. The van der Waals surface area contributed by atoms with E-state index < -0.39 is 6.10 Å². The molecule has 0 spiro atoms. The number of aliphatic hydroxyl groups excluding tert-OH is 1. The van der Waals surface area contributed by atoms with Gasteiger partial charge in [0.1, 0.15) is 11.9 Å². The van der Waals surface area contributed by atoms with Crippen molar-refractivity contribution < 1.29 is 14.3 Å². The lowest BCUT2D eigenvalue weighted by molar-refractivity contribution is 0.0447. The molecule has 2 rings (SSSR count). The first-order valence-corrected chi connectivity index (χ1v) is 6.09. The van der Waals surface area contributed by atoms with Crippen LogP contribution < -0.4 is 4.74 Å². The Morgan fingerprint density at radius 2 is 1.89 bits per heavy atom. The average Bonchev–Trinajstić information content (AvgIpc) is 2.68. The van der Waals surface area contributed by atoms with E-state index in [-0.39, 0.29) is 5.41 Å². The van der Waals surface area contributed by atoms with E-state index in [1.54, 1.807) is 7.11 Å². The molecule has 0 bridgehead atoms. The minimum Gasteiger partial charge on any atom is -0.493 e. The molecule has 98 valence electrons. The zero-order chi connectivity index (χ0) is 13.5. The number of hydrogen-bond acceptors (Lipinski definition) is 3. The third-order valence-corrected chi connectivity index (χ3v) is 3.06. The van der Waals surface area contributed by atoms with Crippen LogP contribution in [0.4, 0.5) is 0 Å². The number of benzene rings is 1. The Morgan fingerprint density at radius 3 is 2.44 bits per heavy atom. The minimum absolute atomic E-state index is 0.254. The number of ether oxygens (including phenoxy) is 1. The summed E-state index contributed by atoms with van der Waals surface area (Å²) in [4.78, 5) is 0. The van der Waals surface area contributed by atoms with Crippen LogP contribution in [-0.4, -0.2) is 12.2 Å². The molecular weight excluding hydrogens is 228 g/mol. The monoisotopic (exact) mass is 248 g/mol. The van der Waals surface area contributed by atoms with Crippen molar-refractivity contribution in [3.8, 4) is 5.75 Å². The van der Waals surface area contributed by atoms with Gasteiger partial charge in [-0.3, -0.25) is 0 Å². The van der Waals surface area contributed by atoms with Crippen molar-refractivity contribution >= 4 is 11.0 Å². The molecule has 0 radical (unpaired) electrons. The van der Waals surface area contributed by atoms with E-state index in [0.29, 0.717) is 17.1 Å². The molecule has 1 heterocycles. The van der Waals surface area contributed by atoms with Gasteiger partial charge in [0.2, 0.25) is 0 Å². The molecule has 0 amide bonds. The molecule has 0 saturated carbocycles.